The summed E-state index contributed by atoms with van der Waals surface area (Å²) >= 11 is 1.24. The Morgan fingerprint density at radius 2 is 2.25 bits per heavy atom. The Morgan fingerprint density at radius 3 is 2.90 bits per heavy atom. The molecule has 2 atom stereocenters. The highest BCUT2D eigenvalue weighted by atomic mass is 32.2. The van der Waals surface area contributed by atoms with Crippen LogP contribution in [0.1, 0.15) is 25.1 Å². The minimum absolute atomic E-state index is 0.0339. The molecule has 2 heterocycles. The summed E-state index contributed by atoms with van der Waals surface area (Å²) in [5, 5.41) is 8.93. The first-order chi connectivity index (χ1) is 9.48. The van der Waals surface area contributed by atoms with Crippen molar-refractivity contribution in [2.45, 2.75) is 43.0 Å². The molecule has 0 saturated carbocycles. The van der Waals surface area contributed by atoms with E-state index in [2.05, 4.69) is 0 Å². The monoisotopic (exact) mass is 319 g/mol. The summed E-state index contributed by atoms with van der Waals surface area (Å²) in [6, 6.07) is 3.32. The molecule has 7 heteroatoms. The van der Waals surface area contributed by atoms with Gasteiger partial charge in [-0.25, -0.2) is 8.42 Å². The van der Waals surface area contributed by atoms with Crippen molar-refractivity contribution in [3.05, 3.63) is 17.0 Å². The van der Waals surface area contributed by atoms with Crippen LogP contribution in [0.4, 0.5) is 0 Å². The number of hydrogen-bond donors (Lipinski definition) is 1. The van der Waals surface area contributed by atoms with E-state index in [0.717, 1.165) is 11.3 Å². The summed E-state index contributed by atoms with van der Waals surface area (Å²) in [4.78, 5) is 0.889. The molecule has 0 radical (unpaired) electrons. The number of hydrogen-bond acceptors (Lipinski definition) is 5. The first-order valence-corrected chi connectivity index (χ1v) is 9.07. The lowest BCUT2D eigenvalue weighted by Crippen LogP contribution is -2.50. The Morgan fingerprint density at radius 1 is 1.50 bits per heavy atom. The molecule has 2 rings (SSSR count). The third-order valence-electron chi connectivity index (χ3n) is 3.45. The Bertz CT molecular complexity index is 540. The normalized spacial score (nSPS) is 24.9. The first kappa shape index (κ1) is 15.9. The van der Waals surface area contributed by atoms with E-state index in [1.165, 1.54) is 11.3 Å². The maximum atomic E-state index is 12.7. The van der Waals surface area contributed by atoms with Crippen LogP contribution in [0.5, 0.6) is 0 Å². The average Bonchev–Trinajstić information content (AvgIpc) is 2.88. The Balaban J connectivity index is 2.26. The number of aliphatic hydroxyl groups is 1. The molecule has 1 aliphatic rings. The van der Waals surface area contributed by atoms with Gasteiger partial charge in [-0.3, -0.25) is 0 Å². The Labute approximate surface area is 124 Å². The zero-order valence-corrected chi connectivity index (χ0v) is 13.4. The topological polar surface area (TPSA) is 66.8 Å². The zero-order valence-electron chi connectivity index (χ0n) is 11.8. The van der Waals surface area contributed by atoms with Crippen LogP contribution >= 0.6 is 11.3 Å². The molecule has 0 aromatic carbocycles. The summed E-state index contributed by atoms with van der Waals surface area (Å²) in [5.74, 6) is 0. The fourth-order valence-electron chi connectivity index (χ4n) is 2.29. The van der Waals surface area contributed by atoms with Gasteiger partial charge in [0.1, 0.15) is 4.21 Å². The van der Waals surface area contributed by atoms with Gasteiger partial charge < -0.3 is 9.84 Å². The quantitative estimate of drug-likeness (QED) is 0.892. The standard InChI is InChI=1S/C13H21NO4S2/c1-3-11-9-18-10(2)8-14(11)20(16,17)13-5-4-12(19-13)6-7-15/h4-5,10-11,15H,3,6-9H2,1-2H3. The third-order valence-corrected chi connectivity index (χ3v) is 6.98. The van der Waals surface area contributed by atoms with Crippen LogP contribution in [0.25, 0.3) is 0 Å². The van der Waals surface area contributed by atoms with Crippen LogP contribution in [0, 0.1) is 0 Å². The number of thiophene rings is 1. The van der Waals surface area contributed by atoms with Gasteiger partial charge >= 0.3 is 0 Å². The molecule has 1 aliphatic heterocycles. The van der Waals surface area contributed by atoms with Crippen LogP contribution in [0.15, 0.2) is 16.3 Å². The van der Waals surface area contributed by atoms with E-state index in [4.69, 9.17) is 9.84 Å². The van der Waals surface area contributed by atoms with E-state index in [0.29, 0.717) is 23.8 Å². The highest BCUT2D eigenvalue weighted by Gasteiger charge is 2.36. The number of morpholine rings is 1. The fraction of sp³-hybridized carbons (Fsp3) is 0.692. The van der Waals surface area contributed by atoms with Gasteiger partial charge in [-0.2, -0.15) is 4.31 Å². The largest absolute Gasteiger partial charge is 0.396 e. The lowest BCUT2D eigenvalue weighted by molar-refractivity contribution is -0.0229. The summed E-state index contributed by atoms with van der Waals surface area (Å²) in [7, 11) is -3.46. The van der Waals surface area contributed by atoms with Crippen molar-refractivity contribution in [1.82, 2.24) is 4.31 Å². The number of sulfonamides is 1. The smallest absolute Gasteiger partial charge is 0.252 e. The van der Waals surface area contributed by atoms with Gasteiger partial charge in [0.15, 0.2) is 0 Å². The number of aliphatic hydroxyl groups excluding tert-OH is 1. The number of ether oxygens (including phenoxy) is 1. The minimum atomic E-state index is -3.46. The molecule has 1 N–H and O–H groups in total. The molecule has 2 unspecified atom stereocenters. The van der Waals surface area contributed by atoms with Gasteiger partial charge in [-0.15, -0.1) is 11.3 Å². The number of rotatable bonds is 5. The van der Waals surface area contributed by atoms with Crippen LogP contribution in [-0.2, 0) is 21.2 Å². The molecule has 20 heavy (non-hydrogen) atoms. The molecule has 1 fully saturated rings. The molecule has 5 nitrogen and oxygen atoms in total. The highest BCUT2D eigenvalue weighted by molar-refractivity contribution is 7.91. The van der Waals surface area contributed by atoms with Crippen molar-refractivity contribution in [1.29, 1.82) is 0 Å². The first-order valence-electron chi connectivity index (χ1n) is 6.82. The highest BCUT2D eigenvalue weighted by Crippen LogP contribution is 2.29. The lowest BCUT2D eigenvalue weighted by atomic mass is 10.2. The van der Waals surface area contributed by atoms with Crippen LogP contribution in [0.2, 0.25) is 0 Å². The van der Waals surface area contributed by atoms with E-state index in [9.17, 15) is 8.42 Å². The summed E-state index contributed by atoms with van der Waals surface area (Å²) in [6.45, 7) is 4.74. The van der Waals surface area contributed by atoms with Gasteiger partial charge in [-0.1, -0.05) is 6.92 Å². The van der Waals surface area contributed by atoms with Crippen molar-refractivity contribution < 1.29 is 18.3 Å². The molecule has 114 valence electrons. The molecular formula is C13H21NO4S2. The molecule has 1 aromatic rings. The van der Waals surface area contributed by atoms with E-state index in [-0.39, 0.29) is 18.8 Å². The maximum absolute atomic E-state index is 12.7. The van der Waals surface area contributed by atoms with E-state index in [1.54, 1.807) is 16.4 Å². The average molecular weight is 319 g/mol. The summed E-state index contributed by atoms with van der Waals surface area (Å²) in [5.41, 5.74) is 0. The summed E-state index contributed by atoms with van der Waals surface area (Å²) in [6.07, 6.45) is 1.15. The molecule has 0 amide bonds. The Hall–Kier alpha value is -0.470. The second-order valence-electron chi connectivity index (χ2n) is 4.98. The second kappa shape index (κ2) is 6.53. The maximum Gasteiger partial charge on any atom is 0.252 e. The molecule has 1 aromatic heterocycles. The van der Waals surface area contributed by atoms with Crippen LogP contribution in [0.3, 0.4) is 0 Å². The SMILES string of the molecule is CCC1COC(C)CN1S(=O)(=O)c1ccc(CCO)s1. The minimum Gasteiger partial charge on any atom is -0.396 e. The second-order valence-corrected chi connectivity index (χ2v) is 8.26. The van der Waals surface area contributed by atoms with Crippen molar-refractivity contribution in [2.75, 3.05) is 19.8 Å². The molecule has 1 saturated heterocycles. The molecule has 0 bridgehead atoms. The van der Waals surface area contributed by atoms with Crippen LogP contribution < -0.4 is 0 Å². The van der Waals surface area contributed by atoms with Crippen LogP contribution in [-0.4, -0.2) is 49.7 Å². The fourth-order valence-corrected chi connectivity index (χ4v) is 5.52. The van der Waals surface area contributed by atoms with Crippen molar-refractivity contribution in [3.63, 3.8) is 0 Å². The number of nitrogens with zero attached hydrogens (tertiary/aromatic N) is 1. The predicted octanol–water partition coefficient (Wildman–Crippen LogP) is 1.47. The van der Waals surface area contributed by atoms with Gasteiger partial charge in [-0.05, 0) is 25.5 Å². The van der Waals surface area contributed by atoms with Crippen molar-refractivity contribution in [2.24, 2.45) is 0 Å². The molecular weight excluding hydrogens is 298 g/mol. The van der Waals surface area contributed by atoms with E-state index >= 15 is 0 Å². The molecule has 0 spiro atoms. The van der Waals surface area contributed by atoms with E-state index < -0.39 is 10.0 Å². The van der Waals surface area contributed by atoms with Gasteiger partial charge in [0, 0.05) is 30.5 Å². The zero-order chi connectivity index (χ0) is 14.8. The van der Waals surface area contributed by atoms with Gasteiger partial charge in [0.05, 0.1) is 12.7 Å². The third kappa shape index (κ3) is 3.23. The van der Waals surface area contributed by atoms with E-state index in [1.807, 2.05) is 13.8 Å². The van der Waals surface area contributed by atoms with Crippen molar-refractivity contribution in [3.8, 4) is 0 Å². The van der Waals surface area contributed by atoms with Gasteiger partial charge in [0.25, 0.3) is 10.0 Å². The molecule has 0 aliphatic carbocycles. The predicted molar refractivity (Wildman–Crippen MR) is 78.5 cm³/mol. The lowest BCUT2D eigenvalue weighted by Gasteiger charge is -2.36. The van der Waals surface area contributed by atoms with Crippen molar-refractivity contribution >= 4 is 21.4 Å². The van der Waals surface area contributed by atoms with Gasteiger partial charge in [0.2, 0.25) is 0 Å². The Kier molecular flexibility index (Phi) is 5.19. The summed E-state index contributed by atoms with van der Waals surface area (Å²) < 4.78 is 32.9.